The van der Waals surface area contributed by atoms with Crippen LogP contribution < -0.4 is 0 Å². The van der Waals surface area contributed by atoms with Crippen LogP contribution in [0.3, 0.4) is 0 Å². The molecule has 9 aromatic carbocycles. The normalized spacial score (nSPS) is 11.6. The average Bonchev–Trinajstić information content (AvgIpc) is 3.64. The number of benzene rings is 9. The Bertz CT molecular complexity index is 3200. The summed E-state index contributed by atoms with van der Waals surface area (Å²) in [4.78, 5) is 15.1. The summed E-state index contributed by atoms with van der Waals surface area (Å²) in [6.07, 6.45) is 0. The molecule has 2 aromatic heterocycles. The van der Waals surface area contributed by atoms with Gasteiger partial charge in [-0.1, -0.05) is 176 Å². The molecule has 4 nitrogen and oxygen atoms in total. The first-order chi connectivity index (χ1) is 27.3. The van der Waals surface area contributed by atoms with Crippen LogP contribution in [0, 0.1) is 0 Å². The van der Waals surface area contributed by atoms with Crippen LogP contribution in [0.4, 0.5) is 0 Å². The number of hydrogen-bond donors (Lipinski definition) is 0. The Balaban J connectivity index is 1.12. The van der Waals surface area contributed by atoms with E-state index in [1.165, 1.54) is 32.3 Å². The highest BCUT2D eigenvalue weighted by atomic mass is 16.3. The van der Waals surface area contributed by atoms with Crippen LogP contribution in [0.2, 0.25) is 0 Å². The Morgan fingerprint density at radius 2 is 0.673 bits per heavy atom. The number of aromatic nitrogens is 3. The van der Waals surface area contributed by atoms with Gasteiger partial charge in [-0.15, -0.1) is 0 Å². The molecule has 0 fully saturated rings. The smallest absolute Gasteiger partial charge is 0.164 e. The van der Waals surface area contributed by atoms with Crippen molar-refractivity contribution < 1.29 is 4.42 Å². The van der Waals surface area contributed by atoms with Gasteiger partial charge in [-0.3, -0.25) is 0 Å². The van der Waals surface area contributed by atoms with Crippen LogP contribution in [0.5, 0.6) is 0 Å². The SMILES string of the molecule is c1ccc(-c2nc(-c3ccccc3)nc(-c3ccccc3-c3ccccc3-c3cccc4c3oc3cc5c6ccccc6c6ccccc6c5cc34)n2)cc1. The number of rotatable bonds is 5. The van der Waals surface area contributed by atoms with Crippen molar-refractivity contribution >= 4 is 54.3 Å². The lowest BCUT2D eigenvalue weighted by atomic mass is 9.90. The molecule has 0 bridgehead atoms. The van der Waals surface area contributed by atoms with Crippen LogP contribution >= 0.6 is 0 Å². The summed E-state index contributed by atoms with van der Waals surface area (Å²) < 4.78 is 6.91. The summed E-state index contributed by atoms with van der Waals surface area (Å²) in [5, 5.41) is 9.60. The first kappa shape index (κ1) is 31.1. The lowest BCUT2D eigenvalue weighted by molar-refractivity contribution is 0.670. The van der Waals surface area contributed by atoms with E-state index in [4.69, 9.17) is 19.4 Å². The molecule has 0 aliphatic heterocycles. The van der Waals surface area contributed by atoms with Crippen molar-refractivity contribution in [1.82, 2.24) is 15.0 Å². The second-order valence-corrected chi connectivity index (χ2v) is 13.9. The molecule has 4 heteroatoms. The molecule has 0 N–H and O–H groups in total. The molecule has 2 heterocycles. The zero-order valence-corrected chi connectivity index (χ0v) is 29.6. The van der Waals surface area contributed by atoms with Crippen molar-refractivity contribution in [3.05, 3.63) is 188 Å². The minimum absolute atomic E-state index is 0.617. The highest BCUT2D eigenvalue weighted by molar-refractivity contribution is 6.28. The summed E-state index contributed by atoms with van der Waals surface area (Å²) in [7, 11) is 0. The van der Waals surface area contributed by atoms with Crippen LogP contribution in [0.1, 0.15) is 0 Å². The van der Waals surface area contributed by atoms with Gasteiger partial charge in [0.1, 0.15) is 11.2 Å². The molecular weight excluding hydrogens is 671 g/mol. The zero-order valence-electron chi connectivity index (χ0n) is 29.6. The Morgan fingerprint density at radius 1 is 0.273 bits per heavy atom. The molecule has 0 radical (unpaired) electrons. The average molecular weight is 702 g/mol. The monoisotopic (exact) mass is 701 g/mol. The van der Waals surface area contributed by atoms with Crippen LogP contribution in [0.15, 0.2) is 192 Å². The van der Waals surface area contributed by atoms with Gasteiger partial charge in [0.25, 0.3) is 0 Å². The van der Waals surface area contributed by atoms with Crippen molar-refractivity contribution in [2.24, 2.45) is 0 Å². The molecule has 0 saturated carbocycles. The van der Waals surface area contributed by atoms with Gasteiger partial charge in [-0.05, 0) is 61.1 Å². The molecule has 0 unspecified atom stereocenters. The minimum atomic E-state index is 0.617. The van der Waals surface area contributed by atoms with E-state index in [1.807, 2.05) is 66.7 Å². The molecule has 11 rings (SSSR count). The van der Waals surface area contributed by atoms with Crippen LogP contribution in [0.25, 0.3) is 111 Å². The van der Waals surface area contributed by atoms with E-state index in [0.29, 0.717) is 17.5 Å². The zero-order chi connectivity index (χ0) is 36.3. The summed E-state index contributed by atoms with van der Waals surface area (Å²) in [5.74, 6) is 1.88. The molecule has 55 heavy (non-hydrogen) atoms. The quantitative estimate of drug-likeness (QED) is 0.168. The van der Waals surface area contributed by atoms with Crippen molar-refractivity contribution in [2.75, 3.05) is 0 Å². The fourth-order valence-corrected chi connectivity index (χ4v) is 8.20. The molecule has 0 atom stereocenters. The Kier molecular flexibility index (Phi) is 7.14. The summed E-state index contributed by atoms with van der Waals surface area (Å²) in [5.41, 5.74) is 8.73. The van der Waals surface area contributed by atoms with E-state index < -0.39 is 0 Å². The standard InChI is InChI=1S/C51H31N3O/c1-3-16-32(17-4-1)49-52-50(33-18-5-2-6-19-33)54-51(53-49)43-27-14-13-24-38(43)36-22-7-10-23-37(36)41-28-15-29-42-46-30-44-39-25-11-8-20-34(39)35-21-9-12-26-40(35)45(44)31-47(46)55-48(41)42/h1-31H. The maximum atomic E-state index is 6.91. The fourth-order valence-electron chi connectivity index (χ4n) is 8.20. The predicted molar refractivity (Wildman–Crippen MR) is 227 cm³/mol. The number of hydrogen-bond acceptors (Lipinski definition) is 4. The lowest BCUT2D eigenvalue weighted by Crippen LogP contribution is -2.01. The maximum Gasteiger partial charge on any atom is 0.164 e. The van der Waals surface area contributed by atoms with Gasteiger partial charge >= 0.3 is 0 Å². The van der Waals surface area contributed by atoms with Gasteiger partial charge < -0.3 is 4.42 Å². The molecule has 11 aromatic rings. The highest BCUT2D eigenvalue weighted by Gasteiger charge is 2.20. The van der Waals surface area contributed by atoms with Gasteiger partial charge in [0.2, 0.25) is 0 Å². The van der Waals surface area contributed by atoms with Crippen molar-refractivity contribution in [3.8, 4) is 56.4 Å². The predicted octanol–water partition coefficient (Wildman–Crippen LogP) is 13.6. The van der Waals surface area contributed by atoms with E-state index in [-0.39, 0.29) is 0 Å². The molecule has 0 spiro atoms. The third-order valence-electron chi connectivity index (χ3n) is 10.7. The second kappa shape index (κ2) is 12.6. The largest absolute Gasteiger partial charge is 0.455 e. The summed E-state index contributed by atoms with van der Waals surface area (Å²) in [6, 6.07) is 65.6. The topological polar surface area (TPSA) is 51.8 Å². The van der Waals surface area contributed by atoms with Gasteiger partial charge in [0.15, 0.2) is 17.5 Å². The third-order valence-corrected chi connectivity index (χ3v) is 10.7. The van der Waals surface area contributed by atoms with Crippen molar-refractivity contribution in [2.45, 2.75) is 0 Å². The van der Waals surface area contributed by atoms with Gasteiger partial charge in [0, 0.05) is 33.0 Å². The minimum Gasteiger partial charge on any atom is -0.455 e. The Labute approximate surface area is 317 Å². The number of furan rings is 1. The van der Waals surface area contributed by atoms with E-state index in [0.717, 1.165) is 60.9 Å². The maximum absolute atomic E-state index is 6.91. The Hall–Kier alpha value is -7.43. The molecule has 0 saturated heterocycles. The van der Waals surface area contributed by atoms with Gasteiger partial charge in [-0.25, -0.2) is 15.0 Å². The van der Waals surface area contributed by atoms with Crippen molar-refractivity contribution in [1.29, 1.82) is 0 Å². The van der Waals surface area contributed by atoms with Gasteiger partial charge in [-0.2, -0.15) is 0 Å². The molecule has 0 aliphatic carbocycles. The first-order valence-corrected chi connectivity index (χ1v) is 18.5. The number of para-hydroxylation sites is 1. The number of fused-ring (bicyclic) bond motifs is 9. The van der Waals surface area contributed by atoms with E-state index in [2.05, 4.69) is 121 Å². The number of nitrogens with zero attached hydrogens (tertiary/aromatic N) is 3. The third kappa shape index (κ3) is 5.11. The summed E-state index contributed by atoms with van der Waals surface area (Å²) in [6.45, 7) is 0. The van der Waals surface area contributed by atoms with Crippen molar-refractivity contribution in [3.63, 3.8) is 0 Å². The van der Waals surface area contributed by atoms with Gasteiger partial charge in [0.05, 0.1) is 0 Å². The lowest BCUT2D eigenvalue weighted by Gasteiger charge is -2.15. The fraction of sp³-hybridized carbons (Fsp3) is 0. The molecular formula is C51H31N3O. The Morgan fingerprint density at radius 3 is 1.25 bits per heavy atom. The van der Waals surface area contributed by atoms with Crippen LogP contribution in [-0.2, 0) is 0 Å². The van der Waals surface area contributed by atoms with E-state index in [1.54, 1.807) is 0 Å². The second-order valence-electron chi connectivity index (χ2n) is 13.9. The highest BCUT2D eigenvalue weighted by Crippen LogP contribution is 2.44. The summed E-state index contributed by atoms with van der Waals surface area (Å²) >= 11 is 0. The molecule has 0 amide bonds. The molecule has 0 aliphatic rings. The molecule has 256 valence electrons. The van der Waals surface area contributed by atoms with Crippen LogP contribution in [-0.4, -0.2) is 15.0 Å². The van der Waals surface area contributed by atoms with E-state index in [9.17, 15) is 0 Å². The first-order valence-electron chi connectivity index (χ1n) is 18.5. The van der Waals surface area contributed by atoms with E-state index >= 15 is 0 Å².